The first-order valence-corrected chi connectivity index (χ1v) is 8.65. The summed E-state index contributed by atoms with van der Waals surface area (Å²) < 4.78 is 0. The Morgan fingerprint density at radius 1 is 1.25 bits per heavy atom. The van der Waals surface area contributed by atoms with Crippen LogP contribution >= 0.6 is 11.3 Å². The van der Waals surface area contributed by atoms with Gasteiger partial charge in [0.1, 0.15) is 5.01 Å². The Balaban J connectivity index is 1.82. The van der Waals surface area contributed by atoms with Crippen molar-refractivity contribution in [3.63, 3.8) is 0 Å². The minimum atomic E-state index is 0.217. The van der Waals surface area contributed by atoms with Crippen LogP contribution in [0.4, 0.5) is 0 Å². The van der Waals surface area contributed by atoms with E-state index in [2.05, 4.69) is 37.9 Å². The van der Waals surface area contributed by atoms with Gasteiger partial charge in [-0.25, -0.2) is 4.98 Å². The van der Waals surface area contributed by atoms with Gasteiger partial charge in [-0.15, -0.1) is 11.3 Å². The van der Waals surface area contributed by atoms with E-state index in [-0.39, 0.29) is 5.54 Å². The number of rotatable bonds is 2. The number of nitrogens with zero attached hydrogens (tertiary/aromatic N) is 2. The van der Waals surface area contributed by atoms with Crippen LogP contribution in [-0.2, 0) is 6.54 Å². The van der Waals surface area contributed by atoms with Crippen LogP contribution in [0.5, 0.6) is 0 Å². The third-order valence-corrected chi connectivity index (χ3v) is 6.14. The second-order valence-electron chi connectivity index (χ2n) is 7.27. The lowest BCUT2D eigenvalue weighted by molar-refractivity contribution is 0.0121. The Kier molecular flexibility index (Phi) is 3.68. The number of thiazole rings is 1. The van der Waals surface area contributed by atoms with Crippen molar-refractivity contribution in [2.24, 2.45) is 0 Å². The second kappa shape index (κ2) is 5.08. The molecule has 3 nitrogen and oxygen atoms in total. The molecule has 1 aromatic heterocycles. The summed E-state index contributed by atoms with van der Waals surface area (Å²) in [6.07, 6.45) is 5.46. The molecule has 0 amide bonds. The van der Waals surface area contributed by atoms with Gasteiger partial charge in [-0.3, -0.25) is 4.90 Å². The molecule has 1 saturated carbocycles. The van der Waals surface area contributed by atoms with Gasteiger partial charge in [-0.2, -0.15) is 0 Å². The van der Waals surface area contributed by atoms with Crippen LogP contribution in [0.1, 0.15) is 55.1 Å². The van der Waals surface area contributed by atoms with Gasteiger partial charge in [0, 0.05) is 29.0 Å². The van der Waals surface area contributed by atoms with E-state index in [4.69, 9.17) is 4.98 Å². The van der Waals surface area contributed by atoms with Crippen LogP contribution in [0, 0.1) is 13.8 Å². The van der Waals surface area contributed by atoms with Crippen LogP contribution in [0.15, 0.2) is 0 Å². The summed E-state index contributed by atoms with van der Waals surface area (Å²) in [6.45, 7) is 12.3. The fraction of sp³-hybridized carbons (Fsp3) is 0.812. The van der Waals surface area contributed by atoms with Crippen molar-refractivity contribution in [3.8, 4) is 0 Å². The average molecular weight is 293 g/mol. The van der Waals surface area contributed by atoms with Crippen LogP contribution in [0.25, 0.3) is 0 Å². The Morgan fingerprint density at radius 2 is 1.95 bits per heavy atom. The molecule has 1 N–H and O–H groups in total. The van der Waals surface area contributed by atoms with Gasteiger partial charge in [0.2, 0.25) is 0 Å². The highest BCUT2D eigenvalue weighted by atomic mass is 32.1. The second-order valence-corrected chi connectivity index (χ2v) is 8.56. The summed E-state index contributed by atoms with van der Waals surface area (Å²) in [5.41, 5.74) is 1.82. The van der Waals surface area contributed by atoms with Crippen LogP contribution in [-0.4, -0.2) is 34.1 Å². The SMILES string of the molecule is Cc1nc(CN2CC(C)(C)NCC23CCCC3)sc1C. The molecule has 1 spiro atoms. The van der Waals surface area contributed by atoms with E-state index < -0.39 is 0 Å². The largest absolute Gasteiger partial charge is 0.309 e. The van der Waals surface area contributed by atoms with Crippen LogP contribution in [0.2, 0.25) is 0 Å². The minimum Gasteiger partial charge on any atom is -0.309 e. The van der Waals surface area contributed by atoms with Crippen molar-refractivity contribution in [1.82, 2.24) is 15.2 Å². The highest BCUT2D eigenvalue weighted by Gasteiger charge is 2.45. The Morgan fingerprint density at radius 3 is 2.55 bits per heavy atom. The van der Waals surface area contributed by atoms with Gasteiger partial charge in [0.15, 0.2) is 0 Å². The molecule has 2 fully saturated rings. The molecule has 0 unspecified atom stereocenters. The Bertz CT molecular complexity index is 466. The molecule has 0 radical (unpaired) electrons. The summed E-state index contributed by atoms with van der Waals surface area (Å²) in [5.74, 6) is 0. The molecule has 112 valence electrons. The maximum absolute atomic E-state index is 4.76. The molecule has 2 heterocycles. The smallest absolute Gasteiger partial charge is 0.107 e. The molecule has 0 aromatic carbocycles. The van der Waals surface area contributed by atoms with Crippen LogP contribution in [0.3, 0.4) is 0 Å². The molecule has 0 atom stereocenters. The lowest BCUT2D eigenvalue weighted by Gasteiger charge is -2.51. The monoisotopic (exact) mass is 293 g/mol. The number of aromatic nitrogens is 1. The molecule has 0 bridgehead atoms. The summed E-state index contributed by atoms with van der Waals surface area (Å²) in [6, 6.07) is 0. The Hall–Kier alpha value is -0.450. The first-order valence-electron chi connectivity index (χ1n) is 7.83. The third-order valence-electron chi connectivity index (χ3n) is 5.09. The number of nitrogens with one attached hydrogen (secondary N) is 1. The number of aryl methyl sites for hydroxylation is 2. The van der Waals surface area contributed by atoms with Gasteiger partial charge in [-0.1, -0.05) is 12.8 Å². The minimum absolute atomic E-state index is 0.217. The van der Waals surface area contributed by atoms with E-state index in [1.807, 2.05) is 11.3 Å². The first-order chi connectivity index (χ1) is 9.40. The predicted molar refractivity (Wildman–Crippen MR) is 85.3 cm³/mol. The third kappa shape index (κ3) is 2.66. The average Bonchev–Trinajstić information content (AvgIpc) is 2.94. The van der Waals surface area contributed by atoms with Crippen molar-refractivity contribution in [3.05, 3.63) is 15.6 Å². The molecule has 1 aliphatic carbocycles. The van der Waals surface area contributed by atoms with Gasteiger partial charge in [0.25, 0.3) is 0 Å². The van der Waals surface area contributed by atoms with E-state index in [0.29, 0.717) is 5.54 Å². The maximum atomic E-state index is 4.76. The molecule has 4 heteroatoms. The Labute approximate surface area is 126 Å². The quantitative estimate of drug-likeness (QED) is 0.907. The van der Waals surface area contributed by atoms with Crippen molar-refractivity contribution in [2.75, 3.05) is 13.1 Å². The van der Waals surface area contributed by atoms with Crippen LogP contribution < -0.4 is 5.32 Å². The molecule has 2 aliphatic rings. The zero-order valence-corrected chi connectivity index (χ0v) is 14.1. The van der Waals surface area contributed by atoms with Crippen molar-refractivity contribution >= 4 is 11.3 Å². The molecule has 1 aliphatic heterocycles. The highest BCUT2D eigenvalue weighted by molar-refractivity contribution is 7.11. The van der Waals surface area contributed by atoms with Gasteiger partial charge < -0.3 is 5.32 Å². The summed E-state index contributed by atoms with van der Waals surface area (Å²) in [7, 11) is 0. The van der Waals surface area contributed by atoms with Gasteiger partial charge >= 0.3 is 0 Å². The van der Waals surface area contributed by atoms with Gasteiger partial charge in [-0.05, 0) is 40.5 Å². The topological polar surface area (TPSA) is 28.2 Å². The number of piperazine rings is 1. The molecule has 1 saturated heterocycles. The molecule has 20 heavy (non-hydrogen) atoms. The fourth-order valence-electron chi connectivity index (χ4n) is 3.74. The fourth-order valence-corrected chi connectivity index (χ4v) is 4.69. The summed E-state index contributed by atoms with van der Waals surface area (Å²) >= 11 is 1.88. The zero-order valence-electron chi connectivity index (χ0n) is 13.3. The lowest BCUT2D eigenvalue weighted by Crippen LogP contribution is -2.66. The normalized spacial score (nSPS) is 25.4. The van der Waals surface area contributed by atoms with Crippen molar-refractivity contribution in [2.45, 2.75) is 71.0 Å². The van der Waals surface area contributed by atoms with E-state index in [9.17, 15) is 0 Å². The first kappa shape index (κ1) is 14.5. The summed E-state index contributed by atoms with van der Waals surface area (Å²) in [5, 5.41) is 5.06. The summed E-state index contributed by atoms with van der Waals surface area (Å²) in [4.78, 5) is 8.86. The molecule has 1 aromatic rings. The maximum Gasteiger partial charge on any atom is 0.107 e. The lowest BCUT2D eigenvalue weighted by atomic mass is 9.87. The van der Waals surface area contributed by atoms with Crippen molar-refractivity contribution in [1.29, 1.82) is 0 Å². The standard InChI is InChI=1S/C16H27N3S/c1-12-13(2)20-14(18-12)9-19-11-15(3,4)17-10-16(19)7-5-6-8-16/h17H,5-11H2,1-4H3. The van der Waals surface area contributed by atoms with E-state index in [1.165, 1.54) is 41.3 Å². The van der Waals surface area contributed by atoms with Crippen molar-refractivity contribution < 1.29 is 0 Å². The molecular formula is C16H27N3S. The zero-order chi connectivity index (χ0) is 14.4. The number of hydrogen-bond acceptors (Lipinski definition) is 4. The van der Waals surface area contributed by atoms with E-state index in [0.717, 1.165) is 19.6 Å². The predicted octanol–water partition coefficient (Wildman–Crippen LogP) is 3.26. The van der Waals surface area contributed by atoms with E-state index in [1.54, 1.807) is 0 Å². The molecular weight excluding hydrogens is 266 g/mol. The molecule has 3 rings (SSSR count). The van der Waals surface area contributed by atoms with E-state index >= 15 is 0 Å². The highest BCUT2D eigenvalue weighted by Crippen LogP contribution is 2.39. The number of hydrogen-bond donors (Lipinski definition) is 1. The van der Waals surface area contributed by atoms with Gasteiger partial charge in [0.05, 0.1) is 12.2 Å².